The lowest BCUT2D eigenvalue weighted by Gasteiger charge is -2.33. The zero-order chi connectivity index (χ0) is 25.7. The third-order valence-corrected chi connectivity index (χ3v) is 6.69. The molecule has 12 heteroatoms. The van der Waals surface area contributed by atoms with Gasteiger partial charge in [0, 0.05) is 49.8 Å². The normalized spacial score (nSPS) is 21.3. The Labute approximate surface area is 199 Å². The Morgan fingerprint density at radius 2 is 2.03 bits per heavy atom. The number of urea groups is 1. The second-order valence-corrected chi connectivity index (χ2v) is 9.18. The van der Waals surface area contributed by atoms with Crippen molar-refractivity contribution in [1.82, 2.24) is 19.6 Å². The predicted molar refractivity (Wildman–Crippen MR) is 118 cm³/mol. The number of carbonyl (C=O) groups is 2. The number of aliphatic hydroxyl groups is 1. The van der Waals surface area contributed by atoms with E-state index in [9.17, 15) is 32.3 Å². The number of benzene rings is 1. The molecule has 2 aliphatic rings. The number of anilines is 1. The first-order valence-corrected chi connectivity index (χ1v) is 11.4. The molecule has 2 N–H and O–H groups in total. The Morgan fingerprint density at radius 3 is 2.69 bits per heavy atom. The maximum absolute atomic E-state index is 13.6. The number of halogens is 4. The van der Waals surface area contributed by atoms with Gasteiger partial charge in [-0.2, -0.15) is 18.3 Å². The molecule has 0 aliphatic carbocycles. The first kappa shape index (κ1) is 25.0. The summed E-state index contributed by atoms with van der Waals surface area (Å²) < 4.78 is 54.4. The van der Waals surface area contributed by atoms with Crippen molar-refractivity contribution < 1.29 is 32.3 Å². The standard InChI is InChI=1S/C23H27F4N5O3/c1-4-19(33)13-9-30(3)21(34)20-15-11-31(12(2)7-18(15)29-32(20)10-13)22(35)28-14-5-6-17(24)16(8-14)23(25,26)27/h5-6,8,12-13,19,33H,4,7,9-11H2,1-3H3,(H,28,35)/t12-,13+,19?/m1/s1. The topological polar surface area (TPSA) is 90.7 Å². The minimum Gasteiger partial charge on any atom is -0.393 e. The van der Waals surface area contributed by atoms with Crippen molar-refractivity contribution in [3.63, 3.8) is 0 Å². The van der Waals surface area contributed by atoms with E-state index in [0.717, 1.165) is 6.07 Å². The number of aliphatic hydroxyl groups excluding tert-OH is 1. The van der Waals surface area contributed by atoms with Gasteiger partial charge in [-0.25, -0.2) is 9.18 Å². The quantitative estimate of drug-likeness (QED) is 0.636. The lowest BCUT2D eigenvalue weighted by atomic mass is 9.99. The molecule has 2 aromatic rings. The molecule has 0 fully saturated rings. The van der Waals surface area contributed by atoms with Gasteiger partial charge < -0.3 is 20.2 Å². The van der Waals surface area contributed by atoms with E-state index in [-0.39, 0.29) is 30.1 Å². The van der Waals surface area contributed by atoms with Gasteiger partial charge in [-0.3, -0.25) is 9.48 Å². The number of hydrogen-bond acceptors (Lipinski definition) is 4. The van der Waals surface area contributed by atoms with Crippen LogP contribution < -0.4 is 5.32 Å². The van der Waals surface area contributed by atoms with Crippen LogP contribution in [0.4, 0.5) is 28.0 Å². The molecule has 4 rings (SSSR count). The van der Waals surface area contributed by atoms with Crippen LogP contribution in [0.5, 0.6) is 0 Å². The maximum Gasteiger partial charge on any atom is 0.419 e. The Kier molecular flexibility index (Phi) is 6.52. The van der Waals surface area contributed by atoms with Gasteiger partial charge >= 0.3 is 12.2 Å². The van der Waals surface area contributed by atoms with Gasteiger partial charge in [0.05, 0.1) is 23.9 Å². The summed E-state index contributed by atoms with van der Waals surface area (Å²) in [6.07, 6.45) is -4.62. The SMILES string of the molecule is CCC(O)[C@H]1CN(C)C(=O)c2c3c(nn2C1)C[C@@H](C)N(C(=O)Nc1ccc(F)c(C(F)(F)F)c1)C3. The number of hydrogen-bond donors (Lipinski definition) is 2. The molecule has 3 atom stereocenters. The van der Waals surface area contributed by atoms with Crippen LogP contribution >= 0.6 is 0 Å². The molecular formula is C23H27F4N5O3. The molecule has 0 saturated heterocycles. The second kappa shape index (κ2) is 9.14. The molecule has 0 spiro atoms. The Hall–Kier alpha value is -3.15. The van der Waals surface area contributed by atoms with E-state index in [4.69, 9.17) is 0 Å². The Bertz CT molecular complexity index is 1150. The monoisotopic (exact) mass is 497 g/mol. The van der Waals surface area contributed by atoms with Crippen LogP contribution in [0.1, 0.15) is 47.6 Å². The molecule has 1 aromatic carbocycles. The molecule has 0 radical (unpaired) electrons. The minimum absolute atomic E-state index is 0.0333. The number of alkyl halides is 3. The number of nitrogens with zero attached hydrogens (tertiary/aromatic N) is 4. The van der Waals surface area contributed by atoms with Crippen molar-refractivity contribution in [2.45, 2.75) is 58.1 Å². The first-order chi connectivity index (χ1) is 16.4. The fourth-order valence-corrected chi connectivity index (χ4v) is 4.73. The van der Waals surface area contributed by atoms with Gasteiger partial charge in [-0.15, -0.1) is 0 Å². The third-order valence-electron chi connectivity index (χ3n) is 6.69. The fraction of sp³-hybridized carbons (Fsp3) is 0.522. The van der Waals surface area contributed by atoms with Gasteiger partial charge in [0.25, 0.3) is 5.91 Å². The molecule has 8 nitrogen and oxygen atoms in total. The van der Waals surface area contributed by atoms with Gasteiger partial charge in [-0.1, -0.05) is 6.92 Å². The molecule has 3 amide bonds. The van der Waals surface area contributed by atoms with E-state index >= 15 is 0 Å². The number of amides is 3. The molecule has 0 saturated carbocycles. The molecule has 1 unspecified atom stereocenters. The van der Waals surface area contributed by atoms with Crippen molar-refractivity contribution in [1.29, 1.82) is 0 Å². The van der Waals surface area contributed by atoms with Crippen LogP contribution in [0.2, 0.25) is 0 Å². The highest BCUT2D eigenvalue weighted by molar-refractivity contribution is 5.95. The Morgan fingerprint density at radius 1 is 1.31 bits per heavy atom. The summed E-state index contributed by atoms with van der Waals surface area (Å²) in [6.45, 7) is 4.38. The van der Waals surface area contributed by atoms with Crippen LogP contribution in [0, 0.1) is 11.7 Å². The third kappa shape index (κ3) is 4.71. The van der Waals surface area contributed by atoms with E-state index in [2.05, 4.69) is 10.4 Å². The van der Waals surface area contributed by atoms with E-state index < -0.39 is 29.7 Å². The molecule has 190 valence electrons. The zero-order valence-electron chi connectivity index (χ0n) is 19.6. The van der Waals surface area contributed by atoms with Crippen LogP contribution in [0.15, 0.2) is 18.2 Å². The number of nitrogens with one attached hydrogen (secondary N) is 1. The molecule has 1 aromatic heterocycles. The van der Waals surface area contributed by atoms with Crippen LogP contribution in [-0.2, 0) is 25.7 Å². The minimum atomic E-state index is -4.90. The van der Waals surface area contributed by atoms with Crippen molar-refractivity contribution >= 4 is 17.6 Å². The molecule has 35 heavy (non-hydrogen) atoms. The van der Waals surface area contributed by atoms with Crippen molar-refractivity contribution in [2.75, 3.05) is 18.9 Å². The number of carbonyl (C=O) groups excluding carboxylic acids is 2. The summed E-state index contributed by atoms with van der Waals surface area (Å²) in [4.78, 5) is 29.1. The van der Waals surface area contributed by atoms with Crippen LogP contribution in [0.3, 0.4) is 0 Å². The lowest BCUT2D eigenvalue weighted by molar-refractivity contribution is -0.139. The van der Waals surface area contributed by atoms with Crippen LogP contribution in [-0.4, -0.2) is 62.4 Å². The van der Waals surface area contributed by atoms with Gasteiger partial charge in [-0.05, 0) is 31.5 Å². The van der Waals surface area contributed by atoms with E-state index in [0.29, 0.717) is 55.0 Å². The van der Waals surface area contributed by atoms with E-state index in [1.165, 1.54) is 9.80 Å². The summed E-state index contributed by atoms with van der Waals surface area (Å²) in [5.74, 6) is -1.90. The van der Waals surface area contributed by atoms with Crippen LogP contribution in [0.25, 0.3) is 0 Å². The van der Waals surface area contributed by atoms with Crippen molar-refractivity contribution in [3.05, 3.63) is 46.5 Å². The number of rotatable bonds is 3. The molecule has 3 heterocycles. The highest BCUT2D eigenvalue weighted by atomic mass is 19.4. The smallest absolute Gasteiger partial charge is 0.393 e. The fourth-order valence-electron chi connectivity index (χ4n) is 4.73. The van der Waals surface area contributed by atoms with E-state index in [1.807, 2.05) is 6.92 Å². The predicted octanol–water partition coefficient (Wildman–Crippen LogP) is 3.49. The average Bonchev–Trinajstić information content (AvgIpc) is 3.07. The van der Waals surface area contributed by atoms with Crippen molar-refractivity contribution in [2.24, 2.45) is 5.92 Å². The Balaban J connectivity index is 1.60. The molecular weight excluding hydrogens is 470 g/mol. The number of fused-ring (bicyclic) bond motifs is 3. The summed E-state index contributed by atoms with van der Waals surface area (Å²) in [5.41, 5.74) is -0.0616. The highest BCUT2D eigenvalue weighted by Crippen LogP contribution is 2.34. The summed E-state index contributed by atoms with van der Waals surface area (Å²) in [6, 6.07) is 1.25. The maximum atomic E-state index is 13.6. The first-order valence-electron chi connectivity index (χ1n) is 11.4. The average molecular weight is 497 g/mol. The molecule has 0 bridgehead atoms. The van der Waals surface area contributed by atoms with Gasteiger partial charge in [0.1, 0.15) is 11.5 Å². The van der Waals surface area contributed by atoms with E-state index in [1.54, 1.807) is 18.7 Å². The summed E-state index contributed by atoms with van der Waals surface area (Å²) >= 11 is 0. The largest absolute Gasteiger partial charge is 0.419 e. The summed E-state index contributed by atoms with van der Waals surface area (Å²) in [7, 11) is 1.65. The summed E-state index contributed by atoms with van der Waals surface area (Å²) in [5, 5.41) is 17.4. The van der Waals surface area contributed by atoms with Gasteiger partial charge in [0.15, 0.2) is 0 Å². The van der Waals surface area contributed by atoms with Gasteiger partial charge in [0.2, 0.25) is 0 Å². The lowest BCUT2D eigenvalue weighted by Crippen LogP contribution is -2.45. The second-order valence-electron chi connectivity index (χ2n) is 9.18. The molecule has 2 aliphatic heterocycles. The van der Waals surface area contributed by atoms with Crippen molar-refractivity contribution in [3.8, 4) is 0 Å². The highest BCUT2D eigenvalue weighted by Gasteiger charge is 2.38. The zero-order valence-corrected chi connectivity index (χ0v) is 19.6. The number of aromatic nitrogens is 2.